The Balaban J connectivity index is 1.79. The Bertz CT molecular complexity index is 772. The van der Waals surface area contributed by atoms with Crippen LogP contribution in [0.3, 0.4) is 0 Å². The van der Waals surface area contributed by atoms with Crippen LogP contribution in [-0.2, 0) is 17.9 Å². The Hall–Kier alpha value is -2.26. The predicted octanol–water partition coefficient (Wildman–Crippen LogP) is 4.16. The largest absolute Gasteiger partial charge is 0.460 e. The number of furan rings is 1. The van der Waals surface area contributed by atoms with Crippen molar-refractivity contribution in [1.29, 1.82) is 0 Å². The smallest absolute Gasteiger partial charge is 0.171 e. The minimum atomic E-state index is 0.485. The number of rotatable bonds is 2. The molecule has 0 saturated heterocycles. The third kappa shape index (κ3) is 1.79. The molecule has 0 saturated carbocycles. The first kappa shape index (κ1) is 11.6. The molecule has 2 aromatic carbocycles. The molecule has 0 unspecified atom stereocenters. The molecule has 3 aromatic rings. The van der Waals surface area contributed by atoms with Crippen LogP contribution in [-0.4, -0.2) is 0 Å². The Morgan fingerprint density at radius 2 is 1.95 bits per heavy atom. The van der Waals surface area contributed by atoms with Crippen molar-refractivity contribution in [3.05, 3.63) is 64.9 Å². The Morgan fingerprint density at radius 3 is 2.80 bits per heavy atom. The van der Waals surface area contributed by atoms with E-state index >= 15 is 0 Å². The van der Waals surface area contributed by atoms with E-state index in [2.05, 4.69) is 19.1 Å². The van der Waals surface area contributed by atoms with Gasteiger partial charge in [-0.15, -0.1) is 0 Å². The molecule has 4 rings (SSSR count). The molecule has 2 heterocycles. The van der Waals surface area contributed by atoms with Crippen LogP contribution in [0.1, 0.15) is 22.5 Å². The fraction of sp³-hybridized carbons (Fsp3) is 0.176. The predicted molar refractivity (Wildman–Crippen MR) is 75.6 cm³/mol. The van der Waals surface area contributed by atoms with Crippen molar-refractivity contribution in [3.8, 4) is 5.75 Å². The molecule has 20 heavy (non-hydrogen) atoms. The van der Waals surface area contributed by atoms with Crippen molar-refractivity contribution < 1.29 is 14.2 Å². The maximum absolute atomic E-state index is 6.02. The lowest BCUT2D eigenvalue weighted by Crippen LogP contribution is -1.87. The molecule has 100 valence electrons. The van der Waals surface area contributed by atoms with Crippen LogP contribution in [0.2, 0.25) is 0 Å². The van der Waals surface area contributed by atoms with Crippen LogP contribution in [0.15, 0.2) is 46.9 Å². The van der Waals surface area contributed by atoms with E-state index in [-0.39, 0.29) is 0 Å². The maximum Gasteiger partial charge on any atom is 0.171 e. The summed E-state index contributed by atoms with van der Waals surface area (Å²) in [7, 11) is 0. The number of benzene rings is 2. The summed E-state index contributed by atoms with van der Waals surface area (Å²) < 4.78 is 6.02. The zero-order chi connectivity index (χ0) is 13.5. The van der Waals surface area contributed by atoms with Gasteiger partial charge < -0.3 is 9.30 Å². The summed E-state index contributed by atoms with van der Waals surface area (Å²) in [6, 6.07) is 14.4. The molecule has 3 nitrogen and oxygen atoms in total. The topological polar surface area (TPSA) is 31.6 Å². The van der Waals surface area contributed by atoms with Gasteiger partial charge in [-0.25, -0.2) is 0 Å². The third-order valence-electron chi connectivity index (χ3n) is 3.79. The number of fused-ring (bicyclic) bond motifs is 2. The SMILES string of the molecule is Cc1c(Cc2ccccc2)oc2cc3c(cc12)OOC3. The van der Waals surface area contributed by atoms with Crippen LogP contribution < -0.4 is 4.89 Å². The Kier molecular flexibility index (Phi) is 2.54. The standard InChI is InChI=1S/C17H14O3/c1-11-14-9-16-13(10-18-20-16)8-17(14)19-15(11)7-12-5-3-2-4-6-12/h2-6,8-9H,7,10H2,1H3. The highest BCUT2D eigenvalue weighted by Crippen LogP contribution is 2.35. The molecule has 0 atom stereocenters. The third-order valence-corrected chi connectivity index (χ3v) is 3.79. The van der Waals surface area contributed by atoms with Crippen LogP contribution in [0.5, 0.6) is 5.75 Å². The molecule has 1 aliphatic heterocycles. The van der Waals surface area contributed by atoms with Gasteiger partial charge in [0.05, 0.1) is 0 Å². The first-order valence-corrected chi connectivity index (χ1v) is 6.69. The lowest BCUT2D eigenvalue weighted by atomic mass is 10.1. The molecular formula is C17H14O3. The highest BCUT2D eigenvalue weighted by atomic mass is 17.2. The van der Waals surface area contributed by atoms with E-state index in [0.29, 0.717) is 6.61 Å². The molecule has 0 bridgehead atoms. The summed E-state index contributed by atoms with van der Waals surface area (Å²) >= 11 is 0. The molecule has 0 spiro atoms. The Labute approximate surface area is 116 Å². The maximum atomic E-state index is 6.02. The summed E-state index contributed by atoms with van der Waals surface area (Å²) in [5, 5.41) is 1.10. The van der Waals surface area contributed by atoms with Crippen molar-refractivity contribution >= 4 is 11.0 Å². The van der Waals surface area contributed by atoms with Crippen molar-refractivity contribution in [1.82, 2.24) is 0 Å². The lowest BCUT2D eigenvalue weighted by Gasteiger charge is -1.98. The van der Waals surface area contributed by atoms with Gasteiger partial charge >= 0.3 is 0 Å². The zero-order valence-corrected chi connectivity index (χ0v) is 11.2. The van der Waals surface area contributed by atoms with Crippen LogP contribution in [0.25, 0.3) is 11.0 Å². The molecule has 3 heteroatoms. The zero-order valence-electron chi connectivity index (χ0n) is 11.2. The van der Waals surface area contributed by atoms with E-state index in [1.165, 1.54) is 11.1 Å². The van der Waals surface area contributed by atoms with E-state index in [0.717, 1.165) is 34.5 Å². The molecule has 0 radical (unpaired) electrons. The van der Waals surface area contributed by atoms with Gasteiger partial charge in [0.15, 0.2) is 5.75 Å². The minimum absolute atomic E-state index is 0.485. The van der Waals surface area contributed by atoms with Crippen molar-refractivity contribution in [3.63, 3.8) is 0 Å². The minimum Gasteiger partial charge on any atom is -0.460 e. The molecule has 1 aromatic heterocycles. The second-order valence-electron chi connectivity index (χ2n) is 5.11. The summed E-state index contributed by atoms with van der Waals surface area (Å²) in [6.07, 6.45) is 0.809. The monoisotopic (exact) mass is 266 g/mol. The first-order valence-electron chi connectivity index (χ1n) is 6.69. The van der Waals surface area contributed by atoms with Gasteiger partial charge in [-0.3, -0.25) is 0 Å². The first-order chi connectivity index (χ1) is 9.81. The summed E-state index contributed by atoms with van der Waals surface area (Å²) in [6.45, 7) is 2.57. The van der Waals surface area contributed by atoms with Gasteiger partial charge in [-0.1, -0.05) is 30.3 Å². The van der Waals surface area contributed by atoms with Gasteiger partial charge in [0.25, 0.3) is 0 Å². The van der Waals surface area contributed by atoms with E-state index < -0.39 is 0 Å². The van der Waals surface area contributed by atoms with E-state index in [1.54, 1.807) is 0 Å². The number of hydrogen-bond donors (Lipinski definition) is 0. The second kappa shape index (κ2) is 4.39. The van der Waals surface area contributed by atoms with Crippen molar-refractivity contribution in [2.24, 2.45) is 0 Å². The molecule has 0 N–H and O–H groups in total. The Morgan fingerprint density at radius 1 is 1.10 bits per heavy atom. The molecule has 0 aliphatic carbocycles. The second-order valence-corrected chi connectivity index (χ2v) is 5.11. The summed E-state index contributed by atoms with van der Waals surface area (Å²) in [4.78, 5) is 10.1. The molecular weight excluding hydrogens is 252 g/mol. The van der Waals surface area contributed by atoms with Gasteiger partial charge in [-0.05, 0) is 30.2 Å². The average molecular weight is 266 g/mol. The normalized spacial score (nSPS) is 13.4. The van der Waals surface area contributed by atoms with Crippen molar-refractivity contribution in [2.75, 3.05) is 0 Å². The fourth-order valence-corrected chi connectivity index (χ4v) is 2.64. The molecule has 0 amide bonds. The highest BCUT2D eigenvalue weighted by Gasteiger charge is 2.19. The van der Waals surface area contributed by atoms with Gasteiger partial charge in [0.2, 0.25) is 0 Å². The van der Waals surface area contributed by atoms with E-state index in [1.807, 2.05) is 30.3 Å². The van der Waals surface area contributed by atoms with E-state index in [9.17, 15) is 0 Å². The average Bonchev–Trinajstić information content (AvgIpc) is 3.03. The van der Waals surface area contributed by atoms with Crippen LogP contribution in [0.4, 0.5) is 0 Å². The number of hydrogen-bond acceptors (Lipinski definition) is 3. The molecule has 1 aliphatic rings. The van der Waals surface area contributed by atoms with E-state index in [4.69, 9.17) is 14.2 Å². The van der Waals surface area contributed by atoms with Crippen molar-refractivity contribution in [2.45, 2.75) is 20.0 Å². The number of aryl methyl sites for hydroxylation is 1. The summed E-state index contributed by atoms with van der Waals surface area (Å²) in [5.41, 5.74) is 4.36. The van der Waals surface area contributed by atoms with Crippen LogP contribution >= 0.6 is 0 Å². The molecule has 0 fully saturated rings. The van der Waals surface area contributed by atoms with Gasteiger partial charge in [0.1, 0.15) is 18.0 Å². The summed E-state index contributed by atoms with van der Waals surface area (Å²) in [5.74, 6) is 1.81. The quantitative estimate of drug-likeness (QED) is 0.653. The fourth-order valence-electron chi connectivity index (χ4n) is 2.64. The van der Waals surface area contributed by atoms with Gasteiger partial charge in [-0.2, -0.15) is 4.89 Å². The van der Waals surface area contributed by atoms with Gasteiger partial charge in [0, 0.05) is 17.4 Å². The van der Waals surface area contributed by atoms with Crippen LogP contribution in [0, 0.1) is 6.92 Å². The lowest BCUT2D eigenvalue weighted by molar-refractivity contribution is -0.194. The highest BCUT2D eigenvalue weighted by molar-refractivity contribution is 5.84.